The van der Waals surface area contributed by atoms with E-state index < -0.39 is 11.2 Å². The van der Waals surface area contributed by atoms with Crippen LogP contribution in [-0.4, -0.2) is 46.2 Å². The lowest BCUT2D eigenvalue weighted by atomic mass is 9.43. The minimum atomic E-state index is -0.839. The predicted octanol–water partition coefficient (Wildman–Crippen LogP) is 2.74. The van der Waals surface area contributed by atoms with Gasteiger partial charge in [-0.15, -0.1) is 0 Å². The van der Waals surface area contributed by atoms with Gasteiger partial charge in [0.2, 0.25) is 0 Å². The summed E-state index contributed by atoms with van der Waals surface area (Å²) in [5.41, 5.74) is -0.319. The Labute approximate surface area is 166 Å². The van der Waals surface area contributed by atoms with E-state index in [-0.39, 0.29) is 34.9 Å². The Morgan fingerprint density at radius 1 is 1.11 bits per heavy atom. The molecule has 0 aromatic rings. The Balaban J connectivity index is 1.39. The third-order valence-corrected chi connectivity index (χ3v) is 10.3. The molecule has 9 atom stereocenters. The second kappa shape index (κ2) is 5.22. The van der Waals surface area contributed by atoms with Crippen LogP contribution in [0.2, 0.25) is 0 Å². The van der Waals surface area contributed by atoms with Crippen molar-refractivity contribution in [3.63, 3.8) is 0 Å². The Morgan fingerprint density at radius 2 is 1.93 bits per heavy atom. The maximum atomic E-state index is 12.3. The van der Waals surface area contributed by atoms with Gasteiger partial charge in [-0.3, -0.25) is 0 Å². The highest BCUT2D eigenvalue weighted by molar-refractivity contribution is 5.85. The Morgan fingerprint density at radius 3 is 2.68 bits per heavy atom. The first kappa shape index (κ1) is 17.9. The number of ether oxygens (including phenoxy) is 2. The molecule has 6 rings (SSSR count). The number of fused-ring (bicyclic) bond motifs is 3. The van der Waals surface area contributed by atoms with Crippen LogP contribution < -0.4 is 0 Å². The van der Waals surface area contributed by atoms with Crippen LogP contribution in [0, 0.1) is 28.6 Å². The molecule has 154 valence electrons. The summed E-state index contributed by atoms with van der Waals surface area (Å²) in [6.07, 6.45) is 9.05. The van der Waals surface area contributed by atoms with E-state index in [1.54, 1.807) is 6.08 Å². The first-order chi connectivity index (χ1) is 13.2. The molecule has 6 aliphatic rings. The fourth-order valence-corrected chi connectivity index (χ4v) is 8.79. The number of rotatable bonds is 1. The fourth-order valence-electron chi connectivity index (χ4n) is 8.79. The third-order valence-electron chi connectivity index (χ3n) is 10.3. The predicted molar refractivity (Wildman–Crippen MR) is 101 cm³/mol. The number of carbonyl (C=O) groups is 1. The number of aliphatic hydroxyl groups is 2. The van der Waals surface area contributed by atoms with Gasteiger partial charge in [0.05, 0.1) is 12.2 Å². The first-order valence-corrected chi connectivity index (χ1v) is 11.2. The van der Waals surface area contributed by atoms with E-state index >= 15 is 0 Å². The van der Waals surface area contributed by atoms with Crippen molar-refractivity contribution in [1.82, 2.24) is 0 Å². The van der Waals surface area contributed by atoms with Crippen LogP contribution in [0.1, 0.15) is 65.2 Å². The van der Waals surface area contributed by atoms with Crippen molar-refractivity contribution in [3.05, 3.63) is 11.6 Å². The van der Waals surface area contributed by atoms with Crippen molar-refractivity contribution >= 4 is 5.97 Å². The summed E-state index contributed by atoms with van der Waals surface area (Å²) in [6.45, 7) is 5.02. The fraction of sp³-hybridized carbons (Fsp3) is 0.870. The van der Waals surface area contributed by atoms with Gasteiger partial charge in [-0.05, 0) is 80.1 Å². The quantitative estimate of drug-likeness (QED) is 0.533. The molecule has 5 fully saturated rings. The van der Waals surface area contributed by atoms with E-state index in [1.165, 1.54) is 0 Å². The summed E-state index contributed by atoms with van der Waals surface area (Å²) in [5, 5.41) is 22.5. The van der Waals surface area contributed by atoms with Gasteiger partial charge in [0.1, 0.15) is 17.8 Å². The highest BCUT2D eigenvalue weighted by Gasteiger charge is 2.84. The van der Waals surface area contributed by atoms with Crippen molar-refractivity contribution in [2.24, 2.45) is 28.6 Å². The standard InChI is InChI=1S/C23H32O5/c1-20-6-3-15(24)10-14(20)11-18-23(28-18)17(20)5-7-21(2)16(4-8-22(21,23)26)13-9-19(25)27-12-13/h9,14-18,24,26H,3-8,10-12H2,1-2H3/t14-,15-,16+,17?,18-,20-,21+,22+,23?/m0/s1. The van der Waals surface area contributed by atoms with Gasteiger partial charge in [0, 0.05) is 11.5 Å². The van der Waals surface area contributed by atoms with Crippen LogP contribution in [0.4, 0.5) is 0 Å². The zero-order chi connectivity index (χ0) is 19.5. The summed E-state index contributed by atoms with van der Waals surface area (Å²) in [6, 6.07) is 0. The van der Waals surface area contributed by atoms with E-state index in [0.717, 1.165) is 56.9 Å². The van der Waals surface area contributed by atoms with E-state index in [0.29, 0.717) is 18.4 Å². The normalized spacial score (nSPS) is 59.5. The largest absolute Gasteiger partial charge is 0.458 e. The number of esters is 1. The highest BCUT2D eigenvalue weighted by Crippen LogP contribution is 2.77. The SMILES string of the molecule is C[C@]12CC[C@H](O)C[C@H]1C[C@@H]1OC13C2CC[C@]1(C)[C@@H](C2=CC(=O)OC2)CC[C@]31O. The third kappa shape index (κ3) is 1.83. The zero-order valence-corrected chi connectivity index (χ0v) is 16.9. The van der Waals surface area contributed by atoms with Gasteiger partial charge < -0.3 is 19.7 Å². The number of cyclic esters (lactones) is 1. The molecule has 5 nitrogen and oxygen atoms in total. The molecule has 2 heterocycles. The molecule has 0 aromatic carbocycles. The molecule has 2 aliphatic heterocycles. The summed E-state index contributed by atoms with van der Waals surface area (Å²) >= 11 is 0. The van der Waals surface area contributed by atoms with Crippen molar-refractivity contribution in [2.45, 2.75) is 88.6 Å². The molecule has 2 unspecified atom stereocenters. The summed E-state index contributed by atoms with van der Waals surface area (Å²) in [4.78, 5) is 11.7. The van der Waals surface area contributed by atoms with Crippen molar-refractivity contribution in [2.75, 3.05) is 6.61 Å². The molecule has 4 aliphatic carbocycles. The number of aliphatic hydroxyl groups excluding tert-OH is 1. The van der Waals surface area contributed by atoms with Gasteiger partial charge in [0.15, 0.2) is 0 Å². The van der Waals surface area contributed by atoms with Crippen molar-refractivity contribution < 1.29 is 24.5 Å². The lowest BCUT2D eigenvalue weighted by Gasteiger charge is -2.62. The summed E-state index contributed by atoms with van der Waals surface area (Å²) in [7, 11) is 0. The molecule has 0 amide bonds. The molecule has 1 saturated heterocycles. The molecule has 0 radical (unpaired) electrons. The van der Waals surface area contributed by atoms with Gasteiger partial charge in [-0.25, -0.2) is 4.79 Å². The monoisotopic (exact) mass is 388 g/mol. The van der Waals surface area contributed by atoms with Crippen LogP contribution >= 0.6 is 0 Å². The molecule has 5 heteroatoms. The van der Waals surface area contributed by atoms with Crippen LogP contribution in [0.15, 0.2) is 11.6 Å². The van der Waals surface area contributed by atoms with Gasteiger partial charge in [-0.2, -0.15) is 0 Å². The average Bonchev–Trinajstić information content (AvgIpc) is 3.09. The second-order valence-electron chi connectivity index (χ2n) is 11.1. The molecule has 28 heavy (non-hydrogen) atoms. The minimum Gasteiger partial charge on any atom is -0.458 e. The summed E-state index contributed by atoms with van der Waals surface area (Å²) < 4.78 is 11.7. The summed E-state index contributed by atoms with van der Waals surface area (Å²) in [5.74, 6) is 0.817. The first-order valence-electron chi connectivity index (χ1n) is 11.2. The number of carbonyl (C=O) groups excluding carboxylic acids is 1. The molecular weight excluding hydrogens is 356 g/mol. The molecule has 2 N–H and O–H groups in total. The minimum absolute atomic E-state index is 0.125. The van der Waals surface area contributed by atoms with E-state index in [1.807, 2.05) is 0 Å². The number of hydrogen-bond donors (Lipinski definition) is 2. The van der Waals surface area contributed by atoms with E-state index in [9.17, 15) is 15.0 Å². The molecule has 0 bridgehead atoms. The second-order valence-corrected chi connectivity index (χ2v) is 11.1. The van der Waals surface area contributed by atoms with Crippen molar-refractivity contribution in [1.29, 1.82) is 0 Å². The van der Waals surface area contributed by atoms with E-state index in [2.05, 4.69) is 13.8 Å². The van der Waals surface area contributed by atoms with Crippen LogP contribution in [0.5, 0.6) is 0 Å². The van der Waals surface area contributed by atoms with Crippen LogP contribution in [-0.2, 0) is 14.3 Å². The smallest absolute Gasteiger partial charge is 0.331 e. The van der Waals surface area contributed by atoms with E-state index in [4.69, 9.17) is 9.47 Å². The number of epoxide rings is 1. The lowest BCUT2D eigenvalue weighted by Crippen LogP contribution is -2.68. The molecule has 0 aromatic heterocycles. The Bertz CT molecular complexity index is 777. The molecule has 1 spiro atoms. The number of hydrogen-bond acceptors (Lipinski definition) is 5. The maximum Gasteiger partial charge on any atom is 0.331 e. The highest BCUT2D eigenvalue weighted by atomic mass is 16.6. The van der Waals surface area contributed by atoms with Gasteiger partial charge in [-0.1, -0.05) is 13.8 Å². The zero-order valence-electron chi connectivity index (χ0n) is 16.9. The topological polar surface area (TPSA) is 79.3 Å². The van der Waals surface area contributed by atoms with Crippen LogP contribution in [0.25, 0.3) is 0 Å². The molecule has 4 saturated carbocycles. The average molecular weight is 389 g/mol. The Hall–Kier alpha value is -0.910. The van der Waals surface area contributed by atoms with Gasteiger partial charge in [0.25, 0.3) is 0 Å². The Kier molecular flexibility index (Phi) is 3.34. The lowest BCUT2D eigenvalue weighted by molar-refractivity contribution is -0.203. The maximum absolute atomic E-state index is 12.3. The van der Waals surface area contributed by atoms with Gasteiger partial charge >= 0.3 is 5.97 Å². The van der Waals surface area contributed by atoms with Crippen molar-refractivity contribution in [3.8, 4) is 0 Å². The molecular formula is C23H32O5. The van der Waals surface area contributed by atoms with Crippen LogP contribution in [0.3, 0.4) is 0 Å².